The number of carbonyl (C=O) groups is 1. The van der Waals surface area contributed by atoms with Gasteiger partial charge in [-0.25, -0.2) is 26.3 Å². The number of fused-ring (bicyclic) bond motifs is 2. The molecule has 0 saturated heterocycles. The predicted molar refractivity (Wildman–Crippen MR) is 129 cm³/mol. The van der Waals surface area contributed by atoms with Gasteiger partial charge in [0.05, 0.1) is 16.9 Å². The number of hydrogen-bond acceptors (Lipinski definition) is 5. The molecule has 4 rings (SSSR count). The lowest BCUT2D eigenvalue weighted by molar-refractivity contribution is -0.0519. The Morgan fingerprint density at radius 3 is 2.31 bits per heavy atom. The summed E-state index contributed by atoms with van der Waals surface area (Å²) in [6.07, 6.45) is 3.97. The minimum atomic E-state index is -3.42. The number of anilines is 1. The summed E-state index contributed by atoms with van der Waals surface area (Å²) in [7, 11) is -3.42. The highest BCUT2D eigenvalue weighted by Crippen LogP contribution is 2.53. The van der Waals surface area contributed by atoms with Crippen molar-refractivity contribution in [2.24, 2.45) is 11.8 Å². The van der Waals surface area contributed by atoms with Crippen molar-refractivity contribution >= 4 is 45.0 Å². The van der Waals surface area contributed by atoms with Crippen molar-refractivity contribution in [3.8, 4) is 0 Å². The number of rotatable bonds is 7. The van der Waals surface area contributed by atoms with Crippen LogP contribution in [0.5, 0.6) is 0 Å². The van der Waals surface area contributed by atoms with Crippen LogP contribution in [-0.2, 0) is 10.0 Å². The highest BCUT2D eigenvalue weighted by Gasteiger charge is 2.53. The predicted octanol–water partition coefficient (Wildman–Crippen LogP) is 4.57. The van der Waals surface area contributed by atoms with Gasteiger partial charge in [0.15, 0.2) is 17.5 Å². The summed E-state index contributed by atoms with van der Waals surface area (Å²) in [4.78, 5) is 13.3. The molecule has 2 saturated carbocycles. The lowest BCUT2D eigenvalue weighted by atomic mass is 9.74. The summed E-state index contributed by atoms with van der Waals surface area (Å²) >= 11 is 7.84. The van der Waals surface area contributed by atoms with Gasteiger partial charge in [0.1, 0.15) is 0 Å². The first-order valence-electron chi connectivity index (χ1n) is 10.9. The fourth-order valence-corrected chi connectivity index (χ4v) is 7.12. The van der Waals surface area contributed by atoms with E-state index in [0.717, 1.165) is 19.1 Å². The van der Waals surface area contributed by atoms with E-state index in [4.69, 9.17) is 11.6 Å². The average Bonchev–Trinajstić information content (AvgIpc) is 2.93. The third-order valence-corrected chi connectivity index (χ3v) is 9.14. The lowest BCUT2D eigenvalue weighted by Gasteiger charge is -2.42. The molecule has 1 amide bonds. The molecular weight excluding hydrogens is 525 g/mol. The van der Waals surface area contributed by atoms with Crippen LogP contribution in [0.2, 0.25) is 5.02 Å². The Hall–Kier alpha value is -1.79. The molecule has 1 unspecified atom stereocenters. The number of nitrogens with one attached hydrogen (secondary N) is 2. The Morgan fingerprint density at radius 2 is 1.74 bits per heavy atom. The molecule has 3 N–H and O–H groups in total. The van der Waals surface area contributed by atoms with Crippen LogP contribution in [0.4, 0.5) is 18.9 Å². The molecule has 0 radical (unpaired) electrons. The van der Waals surface area contributed by atoms with Gasteiger partial charge in [-0.15, -0.1) is 11.8 Å². The standard InChI is InChI=1S/C23H24ClF3N2O4S2/c1-35(32,33)28-11-23(31)13-3-4-14(23)8-16(7-13)34-20-6-12(2-5-17(20)24)22(30)29-15-9-18(25)21(27)19(26)10-15/h2,5-6,9-10,13-14,16,28,31H,3-4,7-8,11H2,1H3,(H,29,30)/t13-,14?,16-,23-/m0/s1. The number of benzene rings is 2. The minimum Gasteiger partial charge on any atom is -0.388 e. The van der Waals surface area contributed by atoms with E-state index in [1.165, 1.54) is 17.8 Å². The topological polar surface area (TPSA) is 95.5 Å². The SMILES string of the molecule is CS(=O)(=O)NC[C@@]1(O)C2CC[C@H]1C[C@H](Sc1cc(C(=O)Nc3cc(F)c(F)c(F)c3)ccc1Cl)C2. The highest BCUT2D eigenvalue weighted by molar-refractivity contribution is 8.00. The molecular formula is C23H24ClF3N2O4S2. The van der Waals surface area contributed by atoms with E-state index in [9.17, 15) is 31.5 Å². The second-order valence-corrected chi connectivity index (χ2v) is 12.7. The maximum atomic E-state index is 13.5. The Kier molecular flexibility index (Phi) is 7.46. The third-order valence-electron chi connectivity index (χ3n) is 6.72. The zero-order valence-corrected chi connectivity index (χ0v) is 21.0. The Labute approximate surface area is 210 Å². The van der Waals surface area contributed by atoms with E-state index in [-0.39, 0.29) is 34.9 Å². The number of hydrogen-bond donors (Lipinski definition) is 3. The van der Waals surface area contributed by atoms with Crippen molar-refractivity contribution in [2.45, 2.75) is 41.4 Å². The average molecular weight is 549 g/mol. The van der Waals surface area contributed by atoms with Crippen LogP contribution in [-0.4, -0.2) is 43.1 Å². The molecule has 0 aromatic heterocycles. The largest absolute Gasteiger partial charge is 0.388 e. The van der Waals surface area contributed by atoms with E-state index in [0.29, 0.717) is 34.9 Å². The Balaban J connectivity index is 1.45. The van der Waals surface area contributed by atoms with Crippen LogP contribution in [0.25, 0.3) is 0 Å². The molecule has 0 heterocycles. The number of aliphatic hydroxyl groups is 1. The smallest absolute Gasteiger partial charge is 0.255 e. The highest BCUT2D eigenvalue weighted by atomic mass is 35.5. The molecule has 2 aromatic rings. The molecule has 2 aliphatic rings. The zero-order valence-electron chi connectivity index (χ0n) is 18.7. The summed E-state index contributed by atoms with van der Waals surface area (Å²) in [5, 5.41) is 14.1. The molecule has 4 atom stereocenters. The Morgan fingerprint density at radius 1 is 1.14 bits per heavy atom. The molecule has 12 heteroatoms. The fraction of sp³-hybridized carbons (Fsp3) is 0.435. The minimum absolute atomic E-state index is 0.0143. The van der Waals surface area contributed by atoms with Crippen LogP contribution >= 0.6 is 23.4 Å². The van der Waals surface area contributed by atoms with Crippen molar-refractivity contribution in [1.29, 1.82) is 0 Å². The summed E-state index contributed by atoms with van der Waals surface area (Å²) in [5.74, 6) is -5.21. The Bertz CT molecular complexity index is 1220. The molecule has 2 aromatic carbocycles. The molecule has 2 aliphatic carbocycles. The van der Waals surface area contributed by atoms with Gasteiger partial charge >= 0.3 is 0 Å². The van der Waals surface area contributed by atoms with Crippen LogP contribution in [0, 0.1) is 29.3 Å². The number of sulfonamides is 1. The van der Waals surface area contributed by atoms with Crippen LogP contribution < -0.4 is 10.0 Å². The van der Waals surface area contributed by atoms with Crippen molar-refractivity contribution in [2.75, 3.05) is 18.1 Å². The summed E-state index contributed by atoms with van der Waals surface area (Å²) in [6.45, 7) is -0.0143. The number of carbonyl (C=O) groups excluding carboxylic acids is 1. The second-order valence-electron chi connectivity index (χ2n) is 9.12. The van der Waals surface area contributed by atoms with Gasteiger partial charge < -0.3 is 10.4 Å². The summed E-state index contributed by atoms with van der Waals surface area (Å²) < 4.78 is 65.6. The van der Waals surface area contributed by atoms with Crippen LogP contribution in [0.3, 0.4) is 0 Å². The van der Waals surface area contributed by atoms with Gasteiger partial charge in [0.2, 0.25) is 10.0 Å². The van der Waals surface area contributed by atoms with Gasteiger partial charge in [-0.2, -0.15) is 0 Å². The maximum Gasteiger partial charge on any atom is 0.255 e. The normalized spacial score (nSPS) is 26.1. The van der Waals surface area contributed by atoms with E-state index in [1.54, 1.807) is 12.1 Å². The van der Waals surface area contributed by atoms with Crippen LogP contribution in [0.15, 0.2) is 35.2 Å². The fourth-order valence-electron chi connectivity index (χ4n) is 4.99. The molecule has 0 spiro atoms. The summed E-state index contributed by atoms with van der Waals surface area (Å²) in [6, 6.07) is 5.98. The van der Waals surface area contributed by atoms with Gasteiger partial charge in [0.25, 0.3) is 5.91 Å². The van der Waals surface area contributed by atoms with Crippen LogP contribution in [0.1, 0.15) is 36.0 Å². The van der Waals surface area contributed by atoms with Crippen molar-refractivity contribution < 1.29 is 31.5 Å². The van der Waals surface area contributed by atoms with Crippen molar-refractivity contribution in [1.82, 2.24) is 4.72 Å². The van der Waals surface area contributed by atoms with Gasteiger partial charge in [-0.3, -0.25) is 4.79 Å². The monoisotopic (exact) mass is 548 g/mol. The first-order valence-corrected chi connectivity index (χ1v) is 14.1. The maximum absolute atomic E-state index is 13.5. The molecule has 2 fully saturated rings. The van der Waals surface area contributed by atoms with E-state index >= 15 is 0 Å². The molecule has 0 aliphatic heterocycles. The molecule has 6 nitrogen and oxygen atoms in total. The summed E-state index contributed by atoms with van der Waals surface area (Å²) in [5.41, 5.74) is -1.11. The molecule has 190 valence electrons. The van der Waals surface area contributed by atoms with E-state index in [1.807, 2.05) is 0 Å². The van der Waals surface area contributed by atoms with Gasteiger partial charge in [0, 0.05) is 40.1 Å². The number of halogens is 4. The van der Waals surface area contributed by atoms with E-state index in [2.05, 4.69) is 10.0 Å². The number of amides is 1. The van der Waals surface area contributed by atoms with E-state index < -0.39 is 39.0 Å². The van der Waals surface area contributed by atoms with Gasteiger partial charge in [-0.1, -0.05) is 11.6 Å². The second kappa shape index (κ2) is 9.93. The van der Waals surface area contributed by atoms with Crippen molar-refractivity contribution in [3.05, 3.63) is 58.4 Å². The third kappa shape index (κ3) is 5.80. The quantitative estimate of drug-likeness (QED) is 0.441. The van der Waals surface area contributed by atoms with Gasteiger partial charge in [-0.05, 0) is 55.7 Å². The first-order chi connectivity index (χ1) is 16.4. The molecule has 2 bridgehead atoms. The molecule has 35 heavy (non-hydrogen) atoms. The number of thioether (sulfide) groups is 1. The lowest BCUT2D eigenvalue weighted by Crippen LogP contribution is -2.53. The zero-order chi connectivity index (χ0) is 25.5. The van der Waals surface area contributed by atoms with Crippen molar-refractivity contribution in [3.63, 3.8) is 0 Å². The first kappa shape index (κ1) is 26.3.